The first-order chi connectivity index (χ1) is 4.88. The standard InChI is InChI=1S/C8H11NS/c1-3-7(9-2)8-5-4-6-10-8/h3-7,9H,1H2,2H3. The van der Waals surface area contributed by atoms with Crippen LogP contribution in [0, 0.1) is 0 Å². The molecule has 1 heterocycles. The van der Waals surface area contributed by atoms with Crippen LogP contribution in [0.5, 0.6) is 0 Å². The van der Waals surface area contributed by atoms with Crippen molar-refractivity contribution < 1.29 is 0 Å². The molecule has 0 spiro atoms. The van der Waals surface area contributed by atoms with Gasteiger partial charge < -0.3 is 5.32 Å². The van der Waals surface area contributed by atoms with Gasteiger partial charge in [0.2, 0.25) is 0 Å². The van der Waals surface area contributed by atoms with Crippen molar-refractivity contribution in [2.45, 2.75) is 6.04 Å². The number of rotatable bonds is 3. The van der Waals surface area contributed by atoms with Crippen LogP contribution in [0.3, 0.4) is 0 Å². The molecule has 0 radical (unpaired) electrons. The van der Waals surface area contributed by atoms with Crippen LogP contribution in [-0.4, -0.2) is 7.05 Å². The highest BCUT2D eigenvalue weighted by atomic mass is 32.1. The molecule has 10 heavy (non-hydrogen) atoms. The van der Waals surface area contributed by atoms with Crippen molar-refractivity contribution in [1.29, 1.82) is 0 Å². The van der Waals surface area contributed by atoms with Crippen molar-refractivity contribution >= 4 is 11.3 Å². The van der Waals surface area contributed by atoms with Crippen molar-refractivity contribution in [3.05, 3.63) is 35.0 Å². The van der Waals surface area contributed by atoms with Crippen molar-refractivity contribution in [3.63, 3.8) is 0 Å². The van der Waals surface area contributed by atoms with Crippen molar-refractivity contribution in [2.24, 2.45) is 0 Å². The Kier molecular flexibility index (Phi) is 2.66. The summed E-state index contributed by atoms with van der Waals surface area (Å²) in [5.74, 6) is 0. The smallest absolute Gasteiger partial charge is 0.0595 e. The summed E-state index contributed by atoms with van der Waals surface area (Å²) in [6, 6.07) is 4.47. The molecule has 0 amide bonds. The van der Waals surface area contributed by atoms with Crippen molar-refractivity contribution in [3.8, 4) is 0 Å². The minimum absolute atomic E-state index is 0.319. The molecule has 0 fully saturated rings. The maximum atomic E-state index is 3.73. The number of hydrogen-bond acceptors (Lipinski definition) is 2. The van der Waals surface area contributed by atoms with E-state index in [1.54, 1.807) is 11.3 Å². The predicted molar refractivity (Wildman–Crippen MR) is 46.3 cm³/mol. The molecule has 0 aromatic carbocycles. The first-order valence-electron chi connectivity index (χ1n) is 3.21. The van der Waals surface area contributed by atoms with E-state index in [1.807, 2.05) is 19.2 Å². The van der Waals surface area contributed by atoms with Gasteiger partial charge in [-0.25, -0.2) is 0 Å². The molecule has 54 valence electrons. The Labute approximate surface area is 65.4 Å². The predicted octanol–water partition coefficient (Wildman–Crippen LogP) is 2.19. The van der Waals surface area contributed by atoms with Gasteiger partial charge in [0.15, 0.2) is 0 Å². The third-order valence-corrected chi connectivity index (χ3v) is 2.35. The van der Waals surface area contributed by atoms with E-state index in [9.17, 15) is 0 Å². The Balaban J connectivity index is 2.73. The van der Waals surface area contributed by atoms with Crippen molar-refractivity contribution in [2.75, 3.05) is 7.05 Å². The second-order valence-electron chi connectivity index (χ2n) is 2.02. The molecule has 2 heteroatoms. The number of thiophene rings is 1. The molecule has 0 aliphatic rings. The normalized spacial score (nSPS) is 12.9. The van der Waals surface area contributed by atoms with Gasteiger partial charge in [0, 0.05) is 4.88 Å². The zero-order valence-corrected chi connectivity index (χ0v) is 6.82. The highest BCUT2D eigenvalue weighted by Gasteiger charge is 2.02. The first kappa shape index (κ1) is 7.51. The lowest BCUT2D eigenvalue weighted by atomic mass is 10.2. The van der Waals surface area contributed by atoms with E-state index in [4.69, 9.17) is 0 Å². The zero-order valence-electron chi connectivity index (χ0n) is 6.00. The number of nitrogens with one attached hydrogen (secondary N) is 1. The second-order valence-corrected chi connectivity index (χ2v) is 3.00. The minimum atomic E-state index is 0.319. The van der Waals surface area contributed by atoms with E-state index in [0.717, 1.165) is 0 Å². The molecule has 0 saturated heterocycles. The van der Waals surface area contributed by atoms with Gasteiger partial charge in [0.25, 0.3) is 0 Å². The zero-order chi connectivity index (χ0) is 7.40. The molecule has 1 unspecified atom stereocenters. The summed E-state index contributed by atoms with van der Waals surface area (Å²) in [4.78, 5) is 1.32. The minimum Gasteiger partial charge on any atom is -0.309 e. The Morgan fingerprint density at radius 1 is 1.80 bits per heavy atom. The molecule has 0 saturated carbocycles. The molecule has 1 rings (SSSR count). The van der Waals surface area contributed by atoms with E-state index in [-0.39, 0.29) is 0 Å². The van der Waals surface area contributed by atoms with Crippen LogP contribution in [0.15, 0.2) is 30.2 Å². The fraction of sp³-hybridized carbons (Fsp3) is 0.250. The third kappa shape index (κ3) is 1.46. The summed E-state index contributed by atoms with van der Waals surface area (Å²) < 4.78 is 0. The largest absolute Gasteiger partial charge is 0.309 e. The van der Waals surface area contributed by atoms with Gasteiger partial charge in [-0.2, -0.15) is 0 Å². The van der Waals surface area contributed by atoms with Gasteiger partial charge >= 0.3 is 0 Å². The molecule has 1 aromatic rings. The molecule has 0 aliphatic heterocycles. The maximum absolute atomic E-state index is 3.73. The molecule has 1 aromatic heterocycles. The Hall–Kier alpha value is -0.600. The lowest BCUT2D eigenvalue weighted by Crippen LogP contribution is -2.11. The van der Waals surface area contributed by atoms with Gasteiger partial charge in [-0.1, -0.05) is 12.1 Å². The summed E-state index contributed by atoms with van der Waals surface area (Å²) in [5.41, 5.74) is 0. The van der Waals surface area contributed by atoms with Crippen LogP contribution >= 0.6 is 11.3 Å². The molecule has 0 aliphatic carbocycles. The molecule has 1 nitrogen and oxygen atoms in total. The average Bonchev–Trinajstić information content (AvgIpc) is 2.43. The van der Waals surface area contributed by atoms with Crippen LogP contribution in [0.1, 0.15) is 10.9 Å². The molecular formula is C8H11NS. The van der Waals surface area contributed by atoms with E-state index in [0.29, 0.717) is 6.04 Å². The van der Waals surface area contributed by atoms with Gasteiger partial charge in [0.05, 0.1) is 6.04 Å². The van der Waals surface area contributed by atoms with Crippen molar-refractivity contribution in [1.82, 2.24) is 5.32 Å². The molecular weight excluding hydrogens is 142 g/mol. The van der Waals surface area contributed by atoms with Crippen LogP contribution in [-0.2, 0) is 0 Å². The van der Waals surface area contributed by atoms with Crippen LogP contribution in [0.4, 0.5) is 0 Å². The van der Waals surface area contributed by atoms with Gasteiger partial charge in [0.1, 0.15) is 0 Å². The molecule has 0 bridgehead atoms. The van der Waals surface area contributed by atoms with Gasteiger partial charge in [-0.3, -0.25) is 0 Å². The van der Waals surface area contributed by atoms with Crippen LogP contribution < -0.4 is 5.32 Å². The summed E-state index contributed by atoms with van der Waals surface area (Å²) in [6.07, 6.45) is 1.91. The summed E-state index contributed by atoms with van der Waals surface area (Å²) in [7, 11) is 1.94. The number of hydrogen-bond donors (Lipinski definition) is 1. The van der Waals surface area contributed by atoms with E-state index >= 15 is 0 Å². The summed E-state index contributed by atoms with van der Waals surface area (Å²) >= 11 is 1.75. The molecule has 1 atom stereocenters. The fourth-order valence-corrected chi connectivity index (χ4v) is 1.68. The highest BCUT2D eigenvalue weighted by Crippen LogP contribution is 2.18. The SMILES string of the molecule is C=CC(NC)c1cccs1. The fourth-order valence-electron chi connectivity index (χ4n) is 0.844. The Bertz CT molecular complexity index is 191. The molecule has 1 N–H and O–H groups in total. The van der Waals surface area contributed by atoms with E-state index in [2.05, 4.69) is 23.3 Å². The third-order valence-electron chi connectivity index (χ3n) is 1.40. The van der Waals surface area contributed by atoms with Gasteiger partial charge in [-0.15, -0.1) is 17.9 Å². The van der Waals surface area contributed by atoms with Gasteiger partial charge in [-0.05, 0) is 18.5 Å². The quantitative estimate of drug-likeness (QED) is 0.656. The monoisotopic (exact) mass is 153 g/mol. The Morgan fingerprint density at radius 2 is 2.60 bits per heavy atom. The second kappa shape index (κ2) is 3.54. The lowest BCUT2D eigenvalue weighted by molar-refractivity contribution is 0.729. The van der Waals surface area contributed by atoms with E-state index in [1.165, 1.54) is 4.88 Å². The number of likely N-dealkylation sites (N-methyl/N-ethyl adjacent to an activating group) is 1. The van der Waals surface area contributed by atoms with E-state index < -0.39 is 0 Å². The summed E-state index contributed by atoms with van der Waals surface area (Å²) in [5, 5.41) is 5.22. The lowest BCUT2D eigenvalue weighted by Gasteiger charge is -2.06. The highest BCUT2D eigenvalue weighted by molar-refractivity contribution is 7.10. The average molecular weight is 153 g/mol. The maximum Gasteiger partial charge on any atom is 0.0595 e. The first-order valence-corrected chi connectivity index (χ1v) is 4.09. The topological polar surface area (TPSA) is 12.0 Å². The van der Waals surface area contributed by atoms with Crippen LogP contribution in [0.25, 0.3) is 0 Å². The van der Waals surface area contributed by atoms with Crippen LogP contribution in [0.2, 0.25) is 0 Å². The Morgan fingerprint density at radius 3 is 3.00 bits per heavy atom. The summed E-state index contributed by atoms with van der Waals surface area (Å²) in [6.45, 7) is 3.73.